The molecule has 0 rings (SSSR count). The summed E-state index contributed by atoms with van der Waals surface area (Å²) in [7, 11) is -10.1. The average molecular weight is 454 g/mol. The molecule has 0 spiro atoms. The molecule has 0 aliphatic heterocycles. The van der Waals surface area contributed by atoms with Gasteiger partial charge in [0.25, 0.3) is 0 Å². The summed E-state index contributed by atoms with van der Waals surface area (Å²) in [5.74, 6) is 0. The van der Waals surface area contributed by atoms with E-state index < -0.39 is 15.6 Å². The topological polar surface area (TPSA) is 439 Å². The van der Waals surface area contributed by atoms with Gasteiger partial charge in [0, 0.05) is 0 Å². The fourth-order valence-corrected chi connectivity index (χ4v) is 1.25. The van der Waals surface area contributed by atoms with Crippen molar-refractivity contribution in [1.29, 1.82) is 0 Å². The summed E-state index contributed by atoms with van der Waals surface area (Å²) >= 11 is 0. The monoisotopic (exact) mass is 454 g/mol. The SMILES string of the molecule is O.O.O.O.O.O.O.O.O.O.O=P(O)(O)OP(=O)(O)O.[H-].[H-].[H-].[H-].[Na+].[Na+].[Na+].[Na+]. The maximum Gasteiger partial charge on any atom is 1.00 e. The molecule has 144 valence electrons. The number of hydrogen-bond donors (Lipinski definition) is 4. The van der Waals surface area contributed by atoms with Gasteiger partial charge >= 0.3 is 134 Å². The zero-order chi connectivity index (χ0) is 7.71. The van der Waals surface area contributed by atoms with Crippen molar-refractivity contribution in [3.05, 3.63) is 0 Å². The van der Waals surface area contributed by atoms with Crippen molar-refractivity contribution >= 4 is 15.6 Å². The van der Waals surface area contributed by atoms with E-state index in [1.165, 1.54) is 0 Å². The molecular formula is H28Na4O17P2. The van der Waals surface area contributed by atoms with E-state index in [1.807, 2.05) is 0 Å². The van der Waals surface area contributed by atoms with Gasteiger partial charge in [-0.1, -0.05) is 0 Å². The Hall–Kier alpha value is 3.86. The van der Waals surface area contributed by atoms with Gasteiger partial charge in [-0.25, -0.2) is 9.13 Å². The van der Waals surface area contributed by atoms with Crippen molar-refractivity contribution in [2.24, 2.45) is 0 Å². The molecule has 0 unspecified atom stereocenters. The number of rotatable bonds is 2. The van der Waals surface area contributed by atoms with Crippen molar-refractivity contribution in [1.82, 2.24) is 0 Å². The zero-order valence-corrected chi connectivity index (χ0v) is 22.7. The Morgan fingerprint density at radius 1 is 0.478 bits per heavy atom. The Morgan fingerprint density at radius 2 is 0.565 bits per heavy atom. The first-order chi connectivity index (χ1) is 3.71. The van der Waals surface area contributed by atoms with Crippen LogP contribution in [0, 0.1) is 0 Å². The molecule has 0 fully saturated rings. The van der Waals surface area contributed by atoms with Crippen LogP contribution < -0.4 is 118 Å². The minimum atomic E-state index is -5.05. The molecule has 17 nitrogen and oxygen atoms in total. The first-order valence-electron chi connectivity index (χ1n) is 1.53. The first-order valence-corrected chi connectivity index (χ1v) is 4.59. The van der Waals surface area contributed by atoms with Crippen molar-refractivity contribution in [3.8, 4) is 0 Å². The van der Waals surface area contributed by atoms with Gasteiger partial charge < -0.3 is 80.0 Å². The van der Waals surface area contributed by atoms with Crippen molar-refractivity contribution in [2.45, 2.75) is 0 Å². The molecule has 24 N–H and O–H groups in total. The predicted molar refractivity (Wildman–Crippen MR) is 65.8 cm³/mol. The van der Waals surface area contributed by atoms with E-state index in [4.69, 9.17) is 19.6 Å². The molecule has 0 radical (unpaired) electrons. The molecule has 0 aromatic rings. The summed E-state index contributed by atoms with van der Waals surface area (Å²) in [6.45, 7) is 0. The summed E-state index contributed by atoms with van der Waals surface area (Å²) < 4.78 is 22.2. The summed E-state index contributed by atoms with van der Waals surface area (Å²) in [4.78, 5) is 31.0. The Morgan fingerprint density at radius 3 is 0.565 bits per heavy atom. The molecule has 0 saturated carbocycles. The Bertz CT molecular complexity index is 181. The number of phosphoric acid groups is 2. The molecule has 0 heterocycles. The fraction of sp³-hybridized carbons (Fsp3) is 0. The second-order valence-electron chi connectivity index (χ2n) is 1.06. The van der Waals surface area contributed by atoms with Crippen LogP contribution in [0.5, 0.6) is 0 Å². The Kier molecular flexibility index (Phi) is 312. The molecule has 0 aliphatic rings. The van der Waals surface area contributed by atoms with Gasteiger partial charge in [0.1, 0.15) is 0 Å². The molecule has 23 heteroatoms. The van der Waals surface area contributed by atoms with Crippen LogP contribution in [0.3, 0.4) is 0 Å². The molecule has 0 amide bonds. The van der Waals surface area contributed by atoms with Crippen molar-refractivity contribution < 1.29 is 212 Å². The van der Waals surface area contributed by atoms with Gasteiger partial charge in [-0.3, -0.25) is 0 Å². The minimum absolute atomic E-state index is 0. The van der Waals surface area contributed by atoms with E-state index in [9.17, 15) is 9.13 Å². The van der Waals surface area contributed by atoms with Gasteiger partial charge in [0.05, 0.1) is 0 Å². The van der Waals surface area contributed by atoms with E-state index in [-0.39, 0.29) is 179 Å². The summed E-state index contributed by atoms with van der Waals surface area (Å²) in [6.07, 6.45) is 0. The molecule has 0 bridgehead atoms. The Balaban J connectivity index is -0.00000000209. The van der Waals surface area contributed by atoms with E-state index in [0.717, 1.165) is 0 Å². The van der Waals surface area contributed by atoms with Crippen molar-refractivity contribution in [3.63, 3.8) is 0 Å². The Labute approximate surface area is 224 Å². The second-order valence-corrected chi connectivity index (χ2v) is 3.68. The van der Waals surface area contributed by atoms with E-state index in [1.54, 1.807) is 0 Å². The van der Waals surface area contributed by atoms with Crippen LogP contribution in [0.15, 0.2) is 0 Å². The van der Waals surface area contributed by atoms with Crippen LogP contribution in [0.2, 0.25) is 0 Å². The third-order valence-corrected chi connectivity index (χ3v) is 1.91. The molecule has 0 atom stereocenters. The van der Waals surface area contributed by atoms with Crippen LogP contribution in [-0.2, 0) is 13.4 Å². The van der Waals surface area contributed by atoms with Crippen molar-refractivity contribution in [2.75, 3.05) is 0 Å². The fourth-order valence-electron chi connectivity index (χ4n) is 0.139. The molecule has 23 heavy (non-hydrogen) atoms. The standard InChI is InChI=1S/4Na.H4O7P2.10H2O.4H/c;;;;1-8(2,3)7-9(4,5)6;;;;;;;;;;;;;;/h;;;;(H2,1,2,3)(H2,4,5,6);10*1H2;;;;/q4*+1;;;;;;;;;;;;4*-1. The average Bonchev–Trinajstić information content (AvgIpc) is 1.14. The molecule has 0 aliphatic carbocycles. The van der Waals surface area contributed by atoms with Crippen LogP contribution in [0.4, 0.5) is 0 Å². The first kappa shape index (κ1) is 128. The van der Waals surface area contributed by atoms with Gasteiger partial charge in [0.15, 0.2) is 0 Å². The maximum absolute atomic E-state index is 9.63. The minimum Gasteiger partial charge on any atom is -1.00 e. The zero-order valence-electron chi connectivity index (χ0n) is 16.9. The molecule has 0 aromatic heterocycles. The van der Waals surface area contributed by atoms with Gasteiger partial charge in [-0.15, -0.1) is 0 Å². The summed E-state index contributed by atoms with van der Waals surface area (Å²) in [5.41, 5.74) is 0. The summed E-state index contributed by atoms with van der Waals surface area (Å²) in [6, 6.07) is 0. The largest absolute Gasteiger partial charge is 1.00 e. The molecule has 0 saturated heterocycles. The van der Waals surface area contributed by atoms with Gasteiger partial charge in [-0.05, 0) is 0 Å². The predicted octanol–water partition coefficient (Wildman–Crippen LogP) is -20.6. The van der Waals surface area contributed by atoms with Crippen LogP contribution in [0.1, 0.15) is 5.71 Å². The van der Waals surface area contributed by atoms with E-state index in [0.29, 0.717) is 0 Å². The van der Waals surface area contributed by atoms with Gasteiger partial charge in [0.2, 0.25) is 0 Å². The van der Waals surface area contributed by atoms with E-state index >= 15 is 0 Å². The quantitative estimate of drug-likeness (QED) is 0.230. The van der Waals surface area contributed by atoms with Crippen LogP contribution >= 0.6 is 15.6 Å². The van der Waals surface area contributed by atoms with Gasteiger partial charge in [-0.2, -0.15) is 4.31 Å². The normalized spacial score (nSPS) is 5.39. The van der Waals surface area contributed by atoms with E-state index in [2.05, 4.69) is 4.31 Å². The second kappa shape index (κ2) is 56.2. The molecule has 0 aromatic carbocycles. The third kappa shape index (κ3) is 151. The maximum atomic E-state index is 9.63. The number of hydrogen-bond acceptors (Lipinski definition) is 3. The van der Waals surface area contributed by atoms with Crippen LogP contribution in [-0.4, -0.2) is 74.3 Å². The summed E-state index contributed by atoms with van der Waals surface area (Å²) in [5, 5.41) is 0. The van der Waals surface area contributed by atoms with Crippen LogP contribution in [0.25, 0.3) is 0 Å². The third-order valence-electron chi connectivity index (χ3n) is 0.213. The molecular weight excluding hydrogens is 426 g/mol. The smallest absolute Gasteiger partial charge is 1.00 e.